The second kappa shape index (κ2) is 3.44. The molecule has 0 aliphatic carbocycles. The molecule has 15 heavy (non-hydrogen) atoms. The number of rotatable bonds is 1. The van der Waals surface area contributed by atoms with Crippen molar-refractivity contribution in [3.8, 4) is 0 Å². The summed E-state index contributed by atoms with van der Waals surface area (Å²) in [6.07, 6.45) is 2.88. The van der Waals surface area contributed by atoms with Crippen LogP contribution >= 0.6 is 0 Å². The summed E-state index contributed by atoms with van der Waals surface area (Å²) in [5.41, 5.74) is 0.723. The molecule has 3 aliphatic rings. The van der Waals surface area contributed by atoms with E-state index in [1.54, 1.807) is 0 Å². The molecule has 3 saturated heterocycles. The van der Waals surface area contributed by atoms with E-state index in [-0.39, 0.29) is 0 Å². The molecule has 3 heterocycles. The van der Waals surface area contributed by atoms with Gasteiger partial charge in [0.2, 0.25) is 0 Å². The van der Waals surface area contributed by atoms with Crippen LogP contribution in [0.2, 0.25) is 0 Å². The maximum atomic E-state index is 2.73. The zero-order chi connectivity index (χ0) is 10.5. The van der Waals surface area contributed by atoms with Gasteiger partial charge in [-0.25, -0.2) is 0 Å². The molecule has 3 heteroatoms. The van der Waals surface area contributed by atoms with Crippen molar-refractivity contribution >= 4 is 0 Å². The van der Waals surface area contributed by atoms with E-state index in [2.05, 4.69) is 28.8 Å². The highest BCUT2D eigenvalue weighted by Gasteiger charge is 2.44. The Hall–Kier alpha value is -0.120. The Balaban J connectivity index is 1.49. The normalized spacial score (nSPS) is 34.0. The number of nitrogens with zero attached hydrogens (tertiary/aromatic N) is 3. The lowest BCUT2D eigenvalue weighted by Gasteiger charge is -2.55. The number of piperidine rings is 1. The van der Waals surface area contributed by atoms with Crippen LogP contribution in [0.5, 0.6) is 0 Å². The van der Waals surface area contributed by atoms with Crippen molar-refractivity contribution in [2.45, 2.75) is 18.9 Å². The quantitative estimate of drug-likeness (QED) is 0.616. The first kappa shape index (κ1) is 10.1. The molecule has 0 atom stereocenters. The van der Waals surface area contributed by atoms with Crippen LogP contribution in [-0.2, 0) is 0 Å². The van der Waals surface area contributed by atoms with Crippen molar-refractivity contribution in [1.82, 2.24) is 14.7 Å². The smallest absolute Gasteiger partial charge is 0.0350 e. The van der Waals surface area contributed by atoms with Crippen molar-refractivity contribution in [1.29, 1.82) is 0 Å². The van der Waals surface area contributed by atoms with E-state index in [1.807, 2.05) is 0 Å². The van der Waals surface area contributed by atoms with E-state index >= 15 is 0 Å². The molecule has 3 nitrogen and oxygen atoms in total. The Kier molecular flexibility index (Phi) is 2.31. The molecule has 0 N–H and O–H groups in total. The minimum Gasteiger partial charge on any atom is -0.305 e. The van der Waals surface area contributed by atoms with Gasteiger partial charge < -0.3 is 9.80 Å². The van der Waals surface area contributed by atoms with Gasteiger partial charge in [-0.1, -0.05) is 0 Å². The summed E-state index contributed by atoms with van der Waals surface area (Å²) in [6, 6.07) is 0.880. The Morgan fingerprint density at radius 1 is 0.933 bits per heavy atom. The summed E-state index contributed by atoms with van der Waals surface area (Å²) >= 11 is 0. The molecule has 0 bridgehead atoms. The van der Waals surface area contributed by atoms with Gasteiger partial charge in [0, 0.05) is 32.2 Å². The maximum absolute atomic E-state index is 2.73. The Bertz CT molecular complexity index is 231. The molecule has 86 valence electrons. The fourth-order valence-corrected chi connectivity index (χ4v) is 3.68. The predicted molar refractivity (Wildman–Crippen MR) is 62.0 cm³/mol. The average molecular weight is 209 g/mol. The minimum atomic E-state index is 0.723. The molecule has 0 saturated carbocycles. The topological polar surface area (TPSA) is 9.72 Å². The highest BCUT2D eigenvalue weighted by molar-refractivity contribution is 4.99. The van der Waals surface area contributed by atoms with Crippen molar-refractivity contribution in [2.75, 3.05) is 53.4 Å². The predicted octanol–water partition coefficient (Wildman–Crippen LogP) is 0.328. The van der Waals surface area contributed by atoms with Crippen LogP contribution in [0.4, 0.5) is 0 Å². The molecule has 0 amide bonds. The molecule has 0 radical (unpaired) electrons. The van der Waals surface area contributed by atoms with Gasteiger partial charge in [0.05, 0.1) is 0 Å². The molecular formula is C12H23N3. The lowest BCUT2D eigenvalue weighted by atomic mass is 9.72. The average Bonchev–Trinajstić information content (AvgIpc) is 2.13. The summed E-state index contributed by atoms with van der Waals surface area (Å²) in [7, 11) is 4.47. The van der Waals surface area contributed by atoms with Crippen molar-refractivity contribution in [2.24, 2.45) is 5.41 Å². The molecule has 1 spiro atoms. The monoisotopic (exact) mass is 209 g/mol. The first-order valence-corrected chi connectivity index (χ1v) is 6.28. The Morgan fingerprint density at radius 2 is 1.53 bits per heavy atom. The van der Waals surface area contributed by atoms with Crippen LogP contribution in [0.3, 0.4) is 0 Å². The summed E-state index contributed by atoms with van der Waals surface area (Å²) in [6.45, 7) is 8.01. The van der Waals surface area contributed by atoms with Gasteiger partial charge in [0.1, 0.15) is 0 Å². The Morgan fingerprint density at radius 3 is 2.00 bits per heavy atom. The SMILES string of the molecule is CN1CC(N2CCC3(CC2)CN(C)C3)C1. The highest BCUT2D eigenvalue weighted by atomic mass is 15.3. The Labute approximate surface area is 93.0 Å². The third kappa shape index (κ3) is 1.71. The van der Waals surface area contributed by atoms with Crippen LogP contribution in [0.15, 0.2) is 0 Å². The van der Waals surface area contributed by atoms with E-state index < -0.39 is 0 Å². The van der Waals surface area contributed by atoms with Gasteiger partial charge in [-0.3, -0.25) is 4.90 Å². The lowest BCUT2D eigenvalue weighted by Crippen LogP contribution is -2.64. The second-order valence-electron chi connectivity index (χ2n) is 6.08. The third-order valence-corrected chi connectivity index (χ3v) is 4.63. The van der Waals surface area contributed by atoms with Crippen LogP contribution < -0.4 is 0 Å². The fourth-order valence-electron chi connectivity index (χ4n) is 3.68. The van der Waals surface area contributed by atoms with E-state index in [9.17, 15) is 0 Å². The zero-order valence-electron chi connectivity index (χ0n) is 10.1. The molecule has 3 aliphatic heterocycles. The van der Waals surface area contributed by atoms with E-state index in [4.69, 9.17) is 0 Å². The summed E-state index contributed by atoms with van der Waals surface area (Å²) < 4.78 is 0. The van der Waals surface area contributed by atoms with E-state index in [0.29, 0.717) is 0 Å². The molecule has 0 aromatic rings. The van der Waals surface area contributed by atoms with Crippen molar-refractivity contribution in [3.05, 3.63) is 0 Å². The molecule has 3 rings (SSSR count). The fraction of sp³-hybridized carbons (Fsp3) is 1.00. The summed E-state index contributed by atoms with van der Waals surface area (Å²) in [4.78, 5) is 7.61. The van der Waals surface area contributed by atoms with Crippen LogP contribution in [0.25, 0.3) is 0 Å². The number of hydrogen-bond acceptors (Lipinski definition) is 3. The van der Waals surface area contributed by atoms with Crippen LogP contribution in [0, 0.1) is 5.41 Å². The summed E-state index contributed by atoms with van der Waals surface area (Å²) in [5, 5.41) is 0. The third-order valence-electron chi connectivity index (χ3n) is 4.63. The lowest BCUT2D eigenvalue weighted by molar-refractivity contribution is -0.0574. The van der Waals surface area contributed by atoms with Gasteiger partial charge >= 0.3 is 0 Å². The zero-order valence-corrected chi connectivity index (χ0v) is 10.1. The van der Waals surface area contributed by atoms with Crippen molar-refractivity contribution < 1.29 is 0 Å². The standard InChI is InChI=1S/C12H23N3/c1-13-7-11(8-13)15-5-3-12(4-6-15)9-14(2)10-12/h11H,3-10H2,1-2H3. The van der Waals surface area contributed by atoms with Gasteiger partial charge in [0.25, 0.3) is 0 Å². The van der Waals surface area contributed by atoms with Crippen molar-refractivity contribution in [3.63, 3.8) is 0 Å². The van der Waals surface area contributed by atoms with Crippen LogP contribution in [0.1, 0.15) is 12.8 Å². The molecule has 3 fully saturated rings. The molecule has 0 unspecified atom stereocenters. The molecule has 0 aromatic heterocycles. The van der Waals surface area contributed by atoms with Gasteiger partial charge in [-0.05, 0) is 45.4 Å². The van der Waals surface area contributed by atoms with Gasteiger partial charge in [-0.15, -0.1) is 0 Å². The van der Waals surface area contributed by atoms with Gasteiger partial charge in [0.15, 0.2) is 0 Å². The van der Waals surface area contributed by atoms with E-state index in [1.165, 1.54) is 52.1 Å². The van der Waals surface area contributed by atoms with E-state index in [0.717, 1.165) is 11.5 Å². The largest absolute Gasteiger partial charge is 0.305 e. The van der Waals surface area contributed by atoms with Crippen LogP contribution in [-0.4, -0.2) is 74.1 Å². The second-order valence-corrected chi connectivity index (χ2v) is 6.08. The number of likely N-dealkylation sites (N-methyl/N-ethyl adjacent to an activating group) is 1. The number of likely N-dealkylation sites (tertiary alicyclic amines) is 3. The first-order chi connectivity index (χ1) is 7.17. The minimum absolute atomic E-state index is 0.723. The van der Waals surface area contributed by atoms with Gasteiger partial charge in [-0.2, -0.15) is 0 Å². The maximum Gasteiger partial charge on any atom is 0.0350 e. The summed E-state index contributed by atoms with van der Waals surface area (Å²) in [5.74, 6) is 0. The first-order valence-electron chi connectivity index (χ1n) is 6.28. The molecule has 0 aromatic carbocycles. The highest BCUT2D eigenvalue weighted by Crippen LogP contribution is 2.40. The number of hydrogen-bond donors (Lipinski definition) is 0. The molecular weight excluding hydrogens is 186 g/mol.